The highest BCUT2D eigenvalue weighted by Crippen LogP contribution is 2.26. The van der Waals surface area contributed by atoms with Gasteiger partial charge in [0.2, 0.25) is 0 Å². The predicted molar refractivity (Wildman–Crippen MR) is 73.7 cm³/mol. The summed E-state index contributed by atoms with van der Waals surface area (Å²) < 4.78 is 0. The topological polar surface area (TPSA) is 91.7 Å². The maximum absolute atomic E-state index is 12.0. The second-order valence-corrected chi connectivity index (χ2v) is 5.29. The van der Waals surface area contributed by atoms with Gasteiger partial charge >= 0.3 is 5.97 Å². The van der Waals surface area contributed by atoms with Gasteiger partial charge < -0.3 is 10.4 Å². The lowest BCUT2D eigenvalue weighted by molar-refractivity contribution is -0.124. The fourth-order valence-electron chi connectivity index (χ4n) is 2.02. The molecule has 0 saturated carbocycles. The van der Waals surface area contributed by atoms with Crippen molar-refractivity contribution >= 4 is 17.7 Å². The first-order valence-electron chi connectivity index (χ1n) is 6.42. The van der Waals surface area contributed by atoms with Gasteiger partial charge in [0.25, 0.3) is 5.91 Å². The molecule has 2 rings (SSSR count). The highest BCUT2D eigenvalue weighted by molar-refractivity contribution is 6.09. The molecule has 1 aromatic rings. The Balaban J connectivity index is 2.29. The number of hydrogen-bond donors (Lipinski definition) is 2. The van der Waals surface area contributed by atoms with Crippen LogP contribution in [0.15, 0.2) is 23.3 Å². The van der Waals surface area contributed by atoms with Crippen molar-refractivity contribution in [3.63, 3.8) is 0 Å². The van der Waals surface area contributed by atoms with Crippen LogP contribution in [0.3, 0.4) is 0 Å². The van der Waals surface area contributed by atoms with Crippen LogP contribution >= 0.6 is 0 Å². The van der Waals surface area contributed by atoms with E-state index in [9.17, 15) is 9.59 Å². The molecular weight excluding hydrogens is 258 g/mol. The van der Waals surface area contributed by atoms with Crippen LogP contribution in [0.25, 0.3) is 0 Å². The third-order valence-corrected chi connectivity index (χ3v) is 3.66. The summed E-state index contributed by atoms with van der Waals surface area (Å²) in [6.45, 7) is 5.63. The van der Waals surface area contributed by atoms with E-state index in [0.717, 1.165) is 0 Å². The first-order chi connectivity index (χ1) is 9.34. The summed E-state index contributed by atoms with van der Waals surface area (Å²) in [6.07, 6.45) is 1.73. The number of aliphatic imine (C=N–C) groups is 1. The van der Waals surface area contributed by atoms with Gasteiger partial charge in [-0.2, -0.15) is 0 Å². The number of carbonyl (C=O) groups is 2. The van der Waals surface area contributed by atoms with Crippen LogP contribution < -0.4 is 5.32 Å². The summed E-state index contributed by atoms with van der Waals surface area (Å²) in [5.74, 6) is -0.671. The number of aromatic carboxylic acids is 1. The number of amides is 1. The molecule has 0 spiro atoms. The Morgan fingerprint density at radius 2 is 2.20 bits per heavy atom. The molecule has 1 aliphatic heterocycles. The summed E-state index contributed by atoms with van der Waals surface area (Å²) in [7, 11) is 0. The molecule has 0 saturated heterocycles. The molecule has 106 valence electrons. The van der Waals surface area contributed by atoms with Crippen LogP contribution in [0.4, 0.5) is 0 Å². The molecule has 2 heterocycles. The lowest BCUT2D eigenvalue weighted by atomic mass is 9.89. The van der Waals surface area contributed by atoms with E-state index in [1.54, 1.807) is 13.0 Å². The smallest absolute Gasteiger partial charge is 0.337 e. The van der Waals surface area contributed by atoms with Crippen molar-refractivity contribution in [3.05, 3.63) is 29.6 Å². The van der Waals surface area contributed by atoms with Gasteiger partial charge in [-0.3, -0.25) is 14.8 Å². The number of hydrogen-bond acceptors (Lipinski definition) is 4. The van der Waals surface area contributed by atoms with Gasteiger partial charge in [-0.15, -0.1) is 0 Å². The number of amidine groups is 1. The second-order valence-electron chi connectivity index (χ2n) is 5.29. The van der Waals surface area contributed by atoms with Crippen LogP contribution in [0.5, 0.6) is 0 Å². The van der Waals surface area contributed by atoms with Crippen molar-refractivity contribution in [2.24, 2.45) is 10.9 Å². The number of pyridine rings is 1. The zero-order chi connectivity index (χ0) is 14.9. The fourth-order valence-corrected chi connectivity index (χ4v) is 2.02. The molecule has 0 aromatic carbocycles. The molecule has 0 bridgehead atoms. The highest BCUT2D eigenvalue weighted by Gasteiger charge is 2.41. The number of carboxylic acids is 1. The molecule has 6 nitrogen and oxygen atoms in total. The molecule has 1 aliphatic rings. The molecule has 1 atom stereocenters. The number of rotatable bonds is 4. The van der Waals surface area contributed by atoms with Gasteiger partial charge in [0.05, 0.1) is 11.3 Å². The van der Waals surface area contributed by atoms with Gasteiger partial charge in [0.1, 0.15) is 11.4 Å². The molecule has 1 unspecified atom stereocenters. The lowest BCUT2D eigenvalue weighted by Crippen LogP contribution is -2.41. The predicted octanol–water partition coefficient (Wildman–Crippen LogP) is 1.27. The molecule has 0 aliphatic carbocycles. The Morgan fingerprint density at radius 1 is 1.50 bits per heavy atom. The van der Waals surface area contributed by atoms with Crippen molar-refractivity contribution in [2.45, 2.75) is 32.7 Å². The Morgan fingerprint density at radius 3 is 2.75 bits per heavy atom. The lowest BCUT2D eigenvalue weighted by Gasteiger charge is -2.21. The largest absolute Gasteiger partial charge is 0.478 e. The Bertz CT molecular complexity index is 595. The van der Waals surface area contributed by atoms with Crippen LogP contribution in [-0.4, -0.2) is 33.3 Å². The summed E-state index contributed by atoms with van der Waals surface area (Å²) in [5, 5.41) is 11.8. The van der Waals surface area contributed by atoms with Crippen molar-refractivity contribution in [1.29, 1.82) is 0 Å². The van der Waals surface area contributed by atoms with Gasteiger partial charge in [-0.05, 0) is 25.0 Å². The number of nitrogens with one attached hydrogen (secondary N) is 1. The average Bonchev–Trinajstić information content (AvgIpc) is 2.66. The Kier molecular flexibility index (Phi) is 3.57. The van der Waals surface area contributed by atoms with Gasteiger partial charge in [-0.25, -0.2) is 4.79 Å². The Hall–Kier alpha value is -2.24. The monoisotopic (exact) mass is 275 g/mol. The van der Waals surface area contributed by atoms with Gasteiger partial charge in [0, 0.05) is 12.6 Å². The number of carbonyl (C=O) groups excluding carboxylic acids is 1. The SMILES string of the molecule is CC(C)C1(C)N=C(Cc2ncccc2C(=O)O)NC1=O. The summed E-state index contributed by atoms with van der Waals surface area (Å²) in [4.78, 5) is 31.6. The molecular formula is C14H17N3O3. The molecule has 0 fully saturated rings. The standard InChI is InChI=1S/C14H17N3O3/c1-8(2)14(3)13(20)16-11(17-14)7-10-9(12(18)19)5-4-6-15-10/h4-6,8H,7H2,1-3H3,(H,18,19)(H,16,17,20). The van der Waals surface area contributed by atoms with E-state index in [1.165, 1.54) is 12.3 Å². The third-order valence-electron chi connectivity index (χ3n) is 3.66. The number of aromatic nitrogens is 1. The van der Waals surface area contributed by atoms with Crippen LogP contribution in [0, 0.1) is 5.92 Å². The first-order valence-corrected chi connectivity index (χ1v) is 6.42. The molecule has 0 radical (unpaired) electrons. The molecule has 1 aromatic heterocycles. The minimum atomic E-state index is -1.04. The normalized spacial score (nSPS) is 21.8. The summed E-state index contributed by atoms with van der Waals surface area (Å²) >= 11 is 0. The fraction of sp³-hybridized carbons (Fsp3) is 0.429. The van der Waals surface area contributed by atoms with Crippen molar-refractivity contribution in [1.82, 2.24) is 10.3 Å². The van der Waals surface area contributed by atoms with E-state index in [1.807, 2.05) is 13.8 Å². The zero-order valence-corrected chi connectivity index (χ0v) is 11.7. The van der Waals surface area contributed by atoms with E-state index in [2.05, 4.69) is 15.3 Å². The van der Waals surface area contributed by atoms with Crippen molar-refractivity contribution in [3.8, 4) is 0 Å². The highest BCUT2D eigenvalue weighted by atomic mass is 16.4. The number of carboxylic acid groups (broad SMARTS) is 1. The quantitative estimate of drug-likeness (QED) is 0.865. The van der Waals surface area contributed by atoms with Crippen molar-refractivity contribution in [2.75, 3.05) is 0 Å². The van der Waals surface area contributed by atoms with Crippen LogP contribution in [0.1, 0.15) is 36.8 Å². The van der Waals surface area contributed by atoms with Crippen LogP contribution in [0.2, 0.25) is 0 Å². The maximum atomic E-state index is 12.0. The third kappa shape index (κ3) is 2.41. The number of nitrogens with zero attached hydrogens (tertiary/aromatic N) is 2. The maximum Gasteiger partial charge on any atom is 0.337 e. The van der Waals surface area contributed by atoms with Crippen LogP contribution in [-0.2, 0) is 11.2 Å². The summed E-state index contributed by atoms with van der Waals surface area (Å²) in [5.41, 5.74) is -0.275. The van der Waals surface area contributed by atoms with E-state index in [0.29, 0.717) is 11.5 Å². The molecule has 20 heavy (non-hydrogen) atoms. The average molecular weight is 275 g/mol. The van der Waals surface area contributed by atoms with Gasteiger partial charge in [-0.1, -0.05) is 13.8 Å². The Labute approximate surface area is 116 Å². The van der Waals surface area contributed by atoms with Crippen molar-refractivity contribution < 1.29 is 14.7 Å². The first kappa shape index (κ1) is 14.2. The van der Waals surface area contributed by atoms with E-state index in [-0.39, 0.29) is 23.8 Å². The summed E-state index contributed by atoms with van der Waals surface area (Å²) in [6, 6.07) is 3.06. The molecule has 6 heteroatoms. The molecule has 1 amide bonds. The van der Waals surface area contributed by atoms with E-state index < -0.39 is 11.5 Å². The van der Waals surface area contributed by atoms with E-state index >= 15 is 0 Å². The molecule has 2 N–H and O–H groups in total. The second kappa shape index (κ2) is 5.03. The van der Waals surface area contributed by atoms with E-state index in [4.69, 9.17) is 5.11 Å². The minimum absolute atomic E-state index is 0.0580. The van der Waals surface area contributed by atoms with Gasteiger partial charge in [0.15, 0.2) is 0 Å². The zero-order valence-electron chi connectivity index (χ0n) is 11.7. The minimum Gasteiger partial charge on any atom is -0.478 e.